The number of halogens is 7. The van der Waals surface area contributed by atoms with Crippen LogP contribution in [0.1, 0.15) is 53.3 Å². The van der Waals surface area contributed by atoms with Crippen LogP contribution in [0, 0.1) is 5.41 Å². The molecule has 5 nitrogen and oxygen atoms in total. The minimum Gasteiger partial charge on any atom is -0.545 e. The summed E-state index contributed by atoms with van der Waals surface area (Å²) in [6.07, 6.45) is -12.1. The van der Waals surface area contributed by atoms with E-state index in [1.807, 2.05) is 0 Å². The number of thioether (sulfide) groups is 1. The van der Waals surface area contributed by atoms with Gasteiger partial charge in [-0.3, -0.25) is 4.79 Å². The molecule has 0 saturated carbocycles. The van der Waals surface area contributed by atoms with Crippen molar-refractivity contribution in [3.63, 3.8) is 0 Å². The van der Waals surface area contributed by atoms with E-state index in [4.69, 9.17) is 11.6 Å². The number of Topliss-reactive ketones (excluding diaryl/α,β-unsaturated/α-hetero) is 1. The molecule has 0 bridgehead atoms. The van der Waals surface area contributed by atoms with Gasteiger partial charge in [-0.05, 0) is 30.0 Å². The molecule has 0 atom stereocenters. The highest BCUT2D eigenvalue weighted by atomic mass is 35.5. The van der Waals surface area contributed by atoms with E-state index in [1.54, 1.807) is 0 Å². The van der Waals surface area contributed by atoms with Crippen molar-refractivity contribution in [1.82, 2.24) is 0 Å². The van der Waals surface area contributed by atoms with Crippen LogP contribution in [0.5, 0.6) is 0 Å². The summed E-state index contributed by atoms with van der Waals surface area (Å²) in [4.78, 5) is 37.3. The number of hydrogen-bond acceptors (Lipinski definition) is 6. The van der Waals surface area contributed by atoms with Crippen LogP contribution < -0.4 is 10.2 Å². The Morgan fingerprint density at radius 3 is 1.68 bits per heavy atom. The molecule has 0 unspecified atom stereocenters. The quantitative estimate of drug-likeness (QED) is 0.375. The first-order valence-electron chi connectivity index (χ1n) is 11.3. The molecule has 4 rings (SSSR count). The standard InChI is InChI=1S/C27H17ClF6O5S/c28-18-9-3-8-17-21(18)40-12-25(22(17)35,10-13-4-1-6-15(23(36)37)19(13)26(29,30)31)11-14-5-2-7-16(24(38)39)20(14)27(32,33)34/h1-9H,10-12H2,(H,36,37)(H,38,39)/p-2. The zero-order valence-corrected chi connectivity index (χ0v) is 21.5. The van der Waals surface area contributed by atoms with Crippen LogP contribution in [0.25, 0.3) is 0 Å². The Morgan fingerprint density at radius 2 is 1.25 bits per heavy atom. The third-order valence-electron chi connectivity index (χ3n) is 6.55. The number of carbonyl (C=O) groups is 3. The maximum atomic E-state index is 14.1. The van der Waals surface area contributed by atoms with Crippen LogP contribution in [0.2, 0.25) is 5.02 Å². The van der Waals surface area contributed by atoms with Crippen molar-refractivity contribution in [2.75, 3.05) is 5.75 Å². The summed E-state index contributed by atoms with van der Waals surface area (Å²) < 4.78 is 84.6. The third kappa shape index (κ3) is 5.42. The van der Waals surface area contributed by atoms with E-state index in [1.165, 1.54) is 18.2 Å². The van der Waals surface area contributed by atoms with Crippen molar-refractivity contribution < 1.29 is 50.9 Å². The summed E-state index contributed by atoms with van der Waals surface area (Å²) in [5.41, 5.74) is -8.94. The van der Waals surface area contributed by atoms with Gasteiger partial charge in [0.1, 0.15) is 0 Å². The van der Waals surface area contributed by atoms with E-state index < -0.39 is 81.7 Å². The Hall–Kier alpha value is -3.51. The predicted molar refractivity (Wildman–Crippen MR) is 128 cm³/mol. The van der Waals surface area contributed by atoms with Gasteiger partial charge in [0.25, 0.3) is 0 Å². The van der Waals surface area contributed by atoms with Gasteiger partial charge in [-0.15, -0.1) is 11.8 Å². The fraction of sp³-hybridized carbons (Fsp3) is 0.222. The smallest absolute Gasteiger partial charge is 0.417 e. The molecule has 210 valence electrons. The molecular formula is C27H15ClF6O5S-2. The molecule has 0 aromatic heterocycles. The molecule has 0 spiro atoms. The third-order valence-corrected chi connectivity index (χ3v) is 8.40. The minimum absolute atomic E-state index is 0.0435. The lowest BCUT2D eigenvalue weighted by atomic mass is 9.70. The van der Waals surface area contributed by atoms with Crippen molar-refractivity contribution in [3.8, 4) is 0 Å². The summed E-state index contributed by atoms with van der Waals surface area (Å²) in [6, 6.07) is 9.41. The van der Waals surface area contributed by atoms with Gasteiger partial charge < -0.3 is 19.8 Å². The fourth-order valence-electron chi connectivity index (χ4n) is 4.95. The van der Waals surface area contributed by atoms with Gasteiger partial charge in [0.2, 0.25) is 0 Å². The van der Waals surface area contributed by atoms with E-state index in [9.17, 15) is 50.9 Å². The second-order valence-electron chi connectivity index (χ2n) is 9.12. The molecule has 1 heterocycles. The van der Waals surface area contributed by atoms with Crippen LogP contribution in [0.15, 0.2) is 59.5 Å². The van der Waals surface area contributed by atoms with Gasteiger partial charge in [-0.2, -0.15) is 26.3 Å². The monoisotopic (exact) mass is 600 g/mol. The first kappa shape index (κ1) is 29.5. The fourth-order valence-corrected chi connectivity index (χ4v) is 6.57. The molecule has 0 amide bonds. The number of carboxylic acids is 2. The van der Waals surface area contributed by atoms with Gasteiger partial charge in [0.15, 0.2) is 5.78 Å². The van der Waals surface area contributed by atoms with Gasteiger partial charge in [-0.25, -0.2) is 0 Å². The molecule has 3 aromatic carbocycles. The van der Waals surface area contributed by atoms with Gasteiger partial charge in [0.05, 0.1) is 33.5 Å². The Morgan fingerprint density at radius 1 is 0.800 bits per heavy atom. The van der Waals surface area contributed by atoms with Crippen LogP contribution in [0.3, 0.4) is 0 Å². The number of hydrogen-bond donors (Lipinski definition) is 0. The molecule has 0 radical (unpaired) electrons. The molecule has 0 aliphatic carbocycles. The molecule has 1 aliphatic rings. The highest BCUT2D eigenvalue weighted by molar-refractivity contribution is 7.99. The normalized spacial score (nSPS) is 15.0. The lowest BCUT2D eigenvalue weighted by molar-refractivity contribution is -0.256. The first-order chi connectivity index (χ1) is 18.6. The number of fused-ring (bicyclic) bond motifs is 1. The summed E-state index contributed by atoms with van der Waals surface area (Å²) in [6.45, 7) is 0. The zero-order valence-electron chi connectivity index (χ0n) is 19.9. The van der Waals surface area contributed by atoms with Crippen molar-refractivity contribution >= 4 is 41.1 Å². The highest BCUT2D eigenvalue weighted by Crippen LogP contribution is 2.49. The average molecular weight is 601 g/mol. The largest absolute Gasteiger partial charge is 0.545 e. The Bertz CT molecular complexity index is 1460. The van der Waals surface area contributed by atoms with Gasteiger partial charge in [-0.1, -0.05) is 60.1 Å². The Labute approximate surface area is 231 Å². The number of rotatable bonds is 6. The molecular weight excluding hydrogens is 586 g/mol. The maximum absolute atomic E-state index is 14.1. The molecule has 13 heteroatoms. The lowest BCUT2D eigenvalue weighted by Crippen LogP contribution is -2.42. The molecule has 0 saturated heterocycles. The van der Waals surface area contributed by atoms with E-state index in [0.29, 0.717) is 12.1 Å². The Kier molecular flexibility index (Phi) is 7.72. The number of benzene rings is 3. The Balaban J connectivity index is 1.98. The van der Waals surface area contributed by atoms with Crippen LogP contribution >= 0.6 is 23.4 Å². The predicted octanol–water partition coefficient (Wildman–Crippen LogP) is 4.86. The second-order valence-corrected chi connectivity index (χ2v) is 10.5. The first-order valence-corrected chi connectivity index (χ1v) is 12.7. The topological polar surface area (TPSA) is 97.3 Å². The molecule has 1 aliphatic heterocycles. The number of carboxylic acid groups (broad SMARTS) is 2. The second kappa shape index (κ2) is 10.5. The van der Waals surface area contributed by atoms with Crippen molar-refractivity contribution in [3.05, 3.63) is 98.6 Å². The van der Waals surface area contributed by atoms with Crippen LogP contribution in [0.4, 0.5) is 26.3 Å². The van der Waals surface area contributed by atoms with Crippen molar-refractivity contribution in [2.24, 2.45) is 5.41 Å². The van der Waals surface area contributed by atoms with Gasteiger partial charge in [0, 0.05) is 27.3 Å². The molecule has 0 fully saturated rings. The van der Waals surface area contributed by atoms with Gasteiger partial charge >= 0.3 is 12.4 Å². The maximum Gasteiger partial charge on any atom is 0.417 e. The summed E-state index contributed by atoms with van der Waals surface area (Å²) in [5, 5.41) is 23.2. The zero-order chi connectivity index (χ0) is 29.6. The minimum atomic E-state index is -5.22. The van der Waals surface area contributed by atoms with Crippen LogP contribution in [-0.4, -0.2) is 23.5 Å². The number of carbonyl (C=O) groups excluding carboxylic acids is 3. The van der Waals surface area contributed by atoms with E-state index in [2.05, 4.69) is 0 Å². The molecule has 40 heavy (non-hydrogen) atoms. The summed E-state index contributed by atoms with van der Waals surface area (Å²) >= 11 is 7.13. The van der Waals surface area contributed by atoms with E-state index >= 15 is 0 Å². The van der Waals surface area contributed by atoms with E-state index in [-0.39, 0.29) is 21.2 Å². The summed E-state index contributed by atoms with van der Waals surface area (Å²) in [7, 11) is 0. The average Bonchev–Trinajstić information content (AvgIpc) is 2.85. The number of alkyl halides is 6. The lowest BCUT2D eigenvalue weighted by Gasteiger charge is -2.38. The van der Waals surface area contributed by atoms with E-state index in [0.717, 1.165) is 36.0 Å². The van der Waals surface area contributed by atoms with Crippen molar-refractivity contribution in [1.29, 1.82) is 0 Å². The number of ketones is 1. The number of aromatic carboxylic acids is 2. The van der Waals surface area contributed by atoms with Crippen molar-refractivity contribution in [2.45, 2.75) is 30.1 Å². The molecule has 0 N–H and O–H groups in total. The highest BCUT2D eigenvalue weighted by Gasteiger charge is 2.48. The van der Waals surface area contributed by atoms with Crippen LogP contribution in [-0.2, 0) is 25.2 Å². The summed E-state index contributed by atoms with van der Waals surface area (Å²) in [5.74, 6) is -5.44. The molecule has 3 aromatic rings. The SMILES string of the molecule is O=C([O-])c1cccc(CC2(Cc3cccc(C(=O)[O-])c3C(F)(F)F)CSc3c(Cl)cccc3C2=O)c1C(F)(F)F.